The third-order valence-corrected chi connectivity index (χ3v) is 4.43. The van der Waals surface area contributed by atoms with E-state index in [0.717, 1.165) is 24.1 Å². The number of nitrogens with zero attached hydrogens (tertiary/aromatic N) is 1. The van der Waals surface area contributed by atoms with E-state index >= 15 is 0 Å². The standard InChI is InChI=1S/C15H21BrN2OS/c1-11(10-18-7-3-2-4-8-18)17-15(19)13-6-5-12(16)9-14(13)20/h5-6,9,11,20H,2-4,7-8,10H2,1H3,(H,17,19). The summed E-state index contributed by atoms with van der Waals surface area (Å²) >= 11 is 7.73. The number of piperidine rings is 1. The van der Waals surface area contributed by atoms with Crippen molar-refractivity contribution in [2.24, 2.45) is 0 Å². The fourth-order valence-electron chi connectivity index (χ4n) is 2.57. The van der Waals surface area contributed by atoms with E-state index in [-0.39, 0.29) is 11.9 Å². The number of carbonyl (C=O) groups excluding carboxylic acids is 1. The van der Waals surface area contributed by atoms with Crippen molar-refractivity contribution >= 4 is 34.5 Å². The molecule has 110 valence electrons. The molecule has 0 spiro atoms. The van der Waals surface area contributed by atoms with Gasteiger partial charge < -0.3 is 10.2 Å². The molecule has 0 aromatic heterocycles. The van der Waals surface area contributed by atoms with Crippen molar-refractivity contribution in [3.63, 3.8) is 0 Å². The summed E-state index contributed by atoms with van der Waals surface area (Å²) in [6.07, 6.45) is 3.88. The van der Waals surface area contributed by atoms with Gasteiger partial charge in [-0.3, -0.25) is 4.79 Å². The zero-order valence-corrected chi connectivity index (χ0v) is 14.2. The van der Waals surface area contributed by atoms with Crippen molar-refractivity contribution in [2.75, 3.05) is 19.6 Å². The summed E-state index contributed by atoms with van der Waals surface area (Å²) in [7, 11) is 0. The van der Waals surface area contributed by atoms with Gasteiger partial charge in [-0.1, -0.05) is 22.4 Å². The SMILES string of the molecule is CC(CN1CCCCC1)NC(=O)c1ccc(Br)cc1S. The lowest BCUT2D eigenvalue weighted by atomic mass is 10.1. The Bertz CT molecular complexity index is 475. The maximum atomic E-state index is 12.2. The first-order valence-electron chi connectivity index (χ1n) is 7.08. The van der Waals surface area contributed by atoms with Crippen molar-refractivity contribution < 1.29 is 4.79 Å². The highest BCUT2D eigenvalue weighted by Gasteiger charge is 2.16. The van der Waals surface area contributed by atoms with E-state index in [1.165, 1.54) is 19.3 Å². The van der Waals surface area contributed by atoms with Crippen molar-refractivity contribution in [2.45, 2.75) is 37.1 Å². The van der Waals surface area contributed by atoms with E-state index in [2.05, 4.69) is 45.7 Å². The van der Waals surface area contributed by atoms with Crippen LogP contribution in [0.4, 0.5) is 0 Å². The molecule has 1 aliphatic heterocycles. The van der Waals surface area contributed by atoms with E-state index in [9.17, 15) is 4.79 Å². The molecule has 1 heterocycles. The minimum atomic E-state index is -0.0491. The summed E-state index contributed by atoms with van der Waals surface area (Å²) in [5.41, 5.74) is 0.627. The van der Waals surface area contributed by atoms with Gasteiger partial charge in [0.2, 0.25) is 0 Å². The highest BCUT2D eigenvalue weighted by Crippen LogP contribution is 2.20. The van der Waals surface area contributed by atoms with Crippen molar-refractivity contribution in [1.82, 2.24) is 10.2 Å². The zero-order valence-electron chi connectivity index (χ0n) is 11.7. The van der Waals surface area contributed by atoms with E-state index in [1.807, 2.05) is 12.1 Å². The average Bonchev–Trinajstić information content (AvgIpc) is 2.39. The molecule has 1 atom stereocenters. The van der Waals surface area contributed by atoms with Crippen LogP contribution in [-0.4, -0.2) is 36.5 Å². The molecule has 0 aliphatic carbocycles. The lowest BCUT2D eigenvalue weighted by molar-refractivity contribution is 0.0923. The highest BCUT2D eigenvalue weighted by molar-refractivity contribution is 9.10. The van der Waals surface area contributed by atoms with Gasteiger partial charge in [0, 0.05) is 22.0 Å². The van der Waals surface area contributed by atoms with Gasteiger partial charge in [0.1, 0.15) is 0 Å². The Balaban J connectivity index is 1.89. The molecule has 20 heavy (non-hydrogen) atoms. The highest BCUT2D eigenvalue weighted by atomic mass is 79.9. The Kier molecular flexibility index (Phi) is 5.93. The smallest absolute Gasteiger partial charge is 0.252 e. The Hall–Kier alpha value is -0.520. The lowest BCUT2D eigenvalue weighted by Crippen LogP contribution is -2.43. The predicted molar refractivity (Wildman–Crippen MR) is 88.6 cm³/mol. The van der Waals surface area contributed by atoms with E-state index in [1.54, 1.807) is 6.07 Å². The number of thiol groups is 1. The largest absolute Gasteiger partial charge is 0.348 e. The quantitative estimate of drug-likeness (QED) is 0.810. The molecule has 5 heteroatoms. The first kappa shape index (κ1) is 15.9. The molecule has 1 amide bonds. The van der Waals surface area contributed by atoms with E-state index < -0.39 is 0 Å². The summed E-state index contributed by atoms with van der Waals surface area (Å²) in [4.78, 5) is 15.4. The van der Waals surface area contributed by atoms with Crippen LogP contribution in [0.1, 0.15) is 36.5 Å². The normalized spacial score (nSPS) is 17.8. The van der Waals surface area contributed by atoms with Crippen LogP contribution in [-0.2, 0) is 0 Å². The molecule has 1 saturated heterocycles. The van der Waals surface area contributed by atoms with Crippen LogP contribution in [0.15, 0.2) is 27.6 Å². The fraction of sp³-hybridized carbons (Fsp3) is 0.533. The molecule has 2 rings (SSSR count). The zero-order chi connectivity index (χ0) is 14.5. The molecule has 3 nitrogen and oxygen atoms in total. The predicted octanol–water partition coefficient (Wildman–Crippen LogP) is 3.34. The Morgan fingerprint density at radius 3 is 2.75 bits per heavy atom. The van der Waals surface area contributed by atoms with Crippen LogP contribution in [0.25, 0.3) is 0 Å². The lowest BCUT2D eigenvalue weighted by Gasteiger charge is -2.29. The first-order valence-corrected chi connectivity index (χ1v) is 8.32. The second kappa shape index (κ2) is 7.48. The number of amides is 1. The molecule has 0 saturated carbocycles. The number of hydrogen-bond donors (Lipinski definition) is 2. The summed E-state index contributed by atoms with van der Waals surface area (Å²) in [5.74, 6) is -0.0491. The first-order chi connectivity index (χ1) is 9.56. The summed E-state index contributed by atoms with van der Waals surface area (Å²) < 4.78 is 0.931. The molecule has 0 radical (unpaired) electrons. The summed E-state index contributed by atoms with van der Waals surface area (Å²) in [6, 6.07) is 5.66. The summed E-state index contributed by atoms with van der Waals surface area (Å²) in [5, 5.41) is 3.06. The third-order valence-electron chi connectivity index (χ3n) is 3.56. The van der Waals surface area contributed by atoms with Gasteiger partial charge in [0.05, 0.1) is 5.56 Å². The molecule has 1 aromatic rings. The third kappa shape index (κ3) is 4.50. The van der Waals surface area contributed by atoms with Crippen LogP contribution in [0, 0.1) is 0 Å². The molecular formula is C15H21BrN2OS. The number of rotatable bonds is 4. The van der Waals surface area contributed by atoms with Crippen LogP contribution >= 0.6 is 28.6 Å². The molecule has 1 aromatic carbocycles. The molecule has 0 bridgehead atoms. The minimum absolute atomic E-state index is 0.0491. The van der Waals surface area contributed by atoms with Gasteiger partial charge in [-0.15, -0.1) is 12.6 Å². The maximum absolute atomic E-state index is 12.2. The van der Waals surface area contributed by atoms with Gasteiger partial charge in [0.25, 0.3) is 5.91 Å². The summed E-state index contributed by atoms with van der Waals surface area (Å²) in [6.45, 7) is 5.28. The fourth-order valence-corrected chi connectivity index (χ4v) is 3.43. The van der Waals surface area contributed by atoms with Gasteiger partial charge >= 0.3 is 0 Å². The second-order valence-electron chi connectivity index (χ2n) is 5.40. The number of carbonyl (C=O) groups is 1. The minimum Gasteiger partial charge on any atom is -0.348 e. The van der Waals surface area contributed by atoms with Crippen molar-refractivity contribution in [1.29, 1.82) is 0 Å². The Morgan fingerprint density at radius 2 is 2.10 bits per heavy atom. The second-order valence-corrected chi connectivity index (χ2v) is 6.79. The van der Waals surface area contributed by atoms with E-state index in [0.29, 0.717) is 10.5 Å². The maximum Gasteiger partial charge on any atom is 0.252 e. The number of likely N-dealkylation sites (tertiary alicyclic amines) is 1. The number of nitrogens with one attached hydrogen (secondary N) is 1. The molecule has 1 fully saturated rings. The van der Waals surface area contributed by atoms with Crippen LogP contribution < -0.4 is 5.32 Å². The van der Waals surface area contributed by atoms with Crippen LogP contribution in [0.3, 0.4) is 0 Å². The molecular weight excluding hydrogens is 336 g/mol. The molecule has 1 unspecified atom stereocenters. The van der Waals surface area contributed by atoms with Crippen LogP contribution in [0.2, 0.25) is 0 Å². The van der Waals surface area contributed by atoms with Crippen molar-refractivity contribution in [3.05, 3.63) is 28.2 Å². The Morgan fingerprint density at radius 1 is 1.40 bits per heavy atom. The van der Waals surface area contributed by atoms with Gasteiger partial charge in [0.15, 0.2) is 0 Å². The Labute approximate surface area is 134 Å². The van der Waals surface area contributed by atoms with Gasteiger partial charge in [-0.2, -0.15) is 0 Å². The molecule has 1 aliphatic rings. The number of hydrogen-bond acceptors (Lipinski definition) is 3. The van der Waals surface area contributed by atoms with Crippen LogP contribution in [0.5, 0.6) is 0 Å². The topological polar surface area (TPSA) is 32.3 Å². The van der Waals surface area contributed by atoms with E-state index in [4.69, 9.17) is 0 Å². The monoisotopic (exact) mass is 356 g/mol. The number of benzene rings is 1. The molecule has 1 N–H and O–H groups in total. The number of halogens is 1. The van der Waals surface area contributed by atoms with Crippen molar-refractivity contribution in [3.8, 4) is 0 Å². The van der Waals surface area contributed by atoms with Gasteiger partial charge in [-0.05, 0) is 51.1 Å². The average molecular weight is 357 g/mol. The van der Waals surface area contributed by atoms with Gasteiger partial charge in [-0.25, -0.2) is 0 Å².